The van der Waals surface area contributed by atoms with Gasteiger partial charge in [0.15, 0.2) is 0 Å². The predicted molar refractivity (Wildman–Crippen MR) is 77.2 cm³/mol. The second kappa shape index (κ2) is 5.13. The van der Waals surface area contributed by atoms with Crippen LogP contribution in [0, 0.1) is 13.8 Å². The van der Waals surface area contributed by atoms with Crippen LogP contribution in [0.3, 0.4) is 0 Å². The summed E-state index contributed by atoms with van der Waals surface area (Å²) in [5.74, 6) is 5.46. The van der Waals surface area contributed by atoms with E-state index in [0.717, 1.165) is 22.1 Å². The second-order valence-electron chi connectivity index (χ2n) is 3.70. The van der Waals surface area contributed by atoms with Crippen molar-refractivity contribution in [1.29, 1.82) is 0 Å². The Kier molecular flexibility index (Phi) is 4.31. The van der Waals surface area contributed by atoms with E-state index >= 15 is 0 Å². The van der Waals surface area contributed by atoms with Crippen LogP contribution in [-0.2, 0) is 0 Å². The van der Waals surface area contributed by atoms with Crippen molar-refractivity contribution >= 4 is 66.8 Å². The fourth-order valence-corrected chi connectivity index (χ4v) is 1.89. The third-order valence-electron chi connectivity index (χ3n) is 2.79. The number of anilines is 1. The Balaban J connectivity index is 3.64. The smallest absolute Gasteiger partial charge is 0.113 e. The fraction of sp³-hybridized carbons (Fsp3) is 0.250. The Morgan fingerprint density at radius 2 is 1.81 bits per heavy atom. The maximum Gasteiger partial charge on any atom is 0.113 e. The normalized spacial score (nSPS) is 9.94. The van der Waals surface area contributed by atoms with E-state index in [0.29, 0.717) is 11.2 Å². The van der Waals surface area contributed by atoms with Crippen molar-refractivity contribution in [2.75, 3.05) is 5.43 Å². The number of hydrogen-bond donors (Lipinski definition) is 2. The van der Waals surface area contributed by atoms with Gasteiger partial charge >= 0.3 is 0 Å². The summed E-state index contributed by atoms with van der Waals surface area (Å²) in [4.78, 5) is 0. The standard InChI is InChI=1S/C8H9B6N2/c1-3-5(9)6(13-10)4(2)7(14(11)12)8(3)16-15/h16H,15H2,1-2H3. The van der Waals surface area contributed by atoms with E-state index in [1.807, 2.05) is 13.8 Å². The maximum absolute atomic E-state index is 5.95. The lowest BCUT2D eigenvalue weighted by Gasteiger charge is -2.24. The minimum absolute atomic E-state index is 0.581. The summed E-state index contributed by atoms with van der Waals surface area (Å²) in [5.41, 5.74) is 6.93. The van der Waals surface area contributed by atoms with E-state index in [4.69, 9.17) is 36.9 Å². The molecule has 16 heavy (non-hydrogen) atoms. The van der Waals surface area contributed by atoms with Crippen LogP contribution in [0.25, 0.3) is 0 Å². The lowest BCUT2D eigenvalue weighted by molar-refractivity contribution is 1.33. The van der Waals surface area contributed by atoms with Gasteiger partial charge in [0.25, 0.3) is 0 Å². The molecule has 1 aromatic rings. The highest BCUT2D eigenvalue weighted by molar-refractivity contribution is 7.35. The van der Waals surface area contributed by atoms with Gasteiger partial charge in [-0.25, -0.2) is 0 Å². The molecule has 0 atom stereocenters. The van der Waals surface area contributed by atoms with Crippen molar-refractivity contribution in [3.05, 3.63) is 11.1 Å². The van der Waals surface area contributed by atoms with Crippen LogP contribution in [0.15, 0.2) is 0 Å². The van der Waals surface area contributed by atoms with Gasteiger partial charge in [-0.15, -0.1) is 5.46 Å². The van der Waals surface area contributed by atoms with E-state index in [-0.39, 0.29) is 0 Å². The van der Waals surface area contributed by atoms with Gasteiger partial charge in [-0.05, 0) is 19.4 Å². The van der Waals surface area contributed by atoms with Gasteiger partial charge in [0.1, 0.15) is 7.85 Å². The first-order chi connectivity index (χ1) is 7.45. The van der Waals surface area contributed by atoms with Gasteiger partial charge in [-0.3, -0.25) is 5.84 Å². The molecule has 0 fully saturated rings. The zero-order valence-electron chi connectivity index (χ0n) is 9.54. The third kappa shape index (κ3) is 2.08. The van der Waals surface area contributed by atoms with Gasteiger partial charge in [0.05, 0.1) is 13.7 Å². The van der Waals surface area contributed by atoms with E-state index < -0.39 is 6.49 Å². The summed E-state index contributed by atoms with van der Waals surface area (Å²) >= 11 is 0. The van der Waals surface area contributed by atoms with E-state index in [1.165, 1.54) is 7.17 Å². The molecule has 0 heterocycles. The van der Waals surface area contributed by atoms with E-state index in [2.05, 4.69) is 5.43 Å². The Hall–Kier alpha value is -0.630. The van der Waals surface area contributed by atoms with Gasteiger partial charge in [-0.2, -0.15) is 0 Å². The molecule has 3 N–H and O–H groups in total. The van der Waals surface area contributed by atoms with Crippen LogP contribution in [0.2, 0.25) is 0 Å². The molecule has 0 spiro atoms. The Bertz CT molecular complexity index is 406. The van der Waals surface area contributed by atoms with Crippen LogP contribution >= 0.6 is 0 Å². The van der Waals surface area contributed by atoms with Gasteiger partial charge < -0.3 is 5.43 Å². The molecular weight excluding hydrogens is 189 g/mol. The molecule has 1 rings (SSSR count). The van der Waals surface area contributed by atoms with Crippen molar-refractivity contribution in [3.8, 4) is 0 Å². The van der Waals surface area contributed by atoms with Crippen LogP contribution in [0.1, 0.15) is 11.1 Å². The summed E-state index contributed by atoms with van der Waals surface area (Å²) in [6.07, 6.45) is 0. The molecule has 0 amide bonds. The first kappa shape index (κ1) is 13.4. The minimum atomic E-state index is -0.635. The Morgan fingerprint density at radius 1 is 1.25 bits per heavy atom. The molecule has 8 heteroatoms. The van der Waals surface area contributed by atoms with Crippen molar-refractivity contribution < 1.29 is 0 Å². The molecule has 0 bridgehead atoms. The van der Waals surface area contributed by atoms with Crippen molar-refractivity contribution in [2.45, 2.75) is 13.8 Å². The zero-order chi connectivity index (χ0) is 12.5. The molecule has 0 aromatic heterocycles. The van der Waals surface area contributed by atoms with Crippen LogP contribution in [0.4, 0.5) is 5.69 Å². The van der Waals surface area contributed by atoms with E-state index in [1.54, 1.807) is 0 Å². The van der Waals surface area contributed by atoms with E-state index in [9.17, 15) is 0 Å². The predicted octanol–water partition coefficient (Wildman–Crippen LogP) is -3.17. The molecule has 0 saturated carbocycles. The highest BCUT2D eigenvalue weighted by Crippen LogP contribution is 2.09. The van der Waals surface area contributed by atoms with Gasteiger partial charge in [0, 0.05) is 28.9 Å². The lowest BCUT2D eigenvalue weighted by Crippen LogP contribution is -2.48. The number of hydrazine groups is 1. The van der Waals surface area contributed by atoms with Crippen molar-refractivity contribution in [1.82, 2.24) is 0 Å². The summed E-state index contributed by atoms with van der Waals surface area (Å²) in [6, 6.07) is 0. The average Bonchev–Trinajstić information content (AvgIpc) is 2.23. The van der Waals surface area contributed by atoms with Crippen molar-refractivity contribution in [3.63, 3.8) is 0 Å². The monoisotopic (exact) mass is 199 g/mol. The highest BCUT2D eigenvalue weighted by Gasteiger charge is 2.17. The topological polar surface area (TPSA) is 38.0 Å². The Labute approximate surface area is 103 Å². The van der Waals surface area contributed by atoms with Crippen LogP contribution < -0.4 is 27.7 Å². The highest BCUT2D eigenvalue weighted by atomic mass is 15.2. The first-order valence-electron chi connectivity index (χ1n) is 4.90. The molecule has 2 nitrogen and oxygen atoms in total. The SMILES string of the molecule is [B][B]c1c([B])c(C)c(NN)c(B([B])[B])c1C. The largest absolute Gasteiger partial charge is 0.324 e. The molecule has 9 radical (unpaired) electrons. The summed E-state index contributed by atoms with van der Waals surface area (Å²) in [5, 5.41) is 0. The Morgan fingerprint density at radius 3 is 2.19 bits per heavy atom. The number of hydrogen-bond acceptors (Lipinski definition) is 2. The number of nitrogen functional groups attached to an aromatic ring is 1. The van der Waals surface area contributed by atoms with Crippen molar-refractivity contribution in [2.24, 2.45) is 5.84 Å². The summed E-state index contributed by atoms with van der Waals surface area (Å²) < 4.78 is 0. The molecule has 0 unspecified atom stereocenters. The fourth-order valence-electron chi connectivity index (χ4n) is 1.89. The number of benzene rings is 1. The minimum Gasteiger partial charge on any atom is -0.324 e. The second-order valence-corrected chi connectivity index (χ2v) is 3.70. The molecular formula is C8H9B6N2. The summed E-state index contributed by atoms with van der Waals surface area (Å²) in [7, 11) is 24.4. The van der Waals surface area contributed by atoms with Crippen LogP contribution in [0.5, 0.6) is 0 Å². The lowest BCUT2D eigenvalue weighted by atomic mass is 9.16. The number of nitrogens with two attached hydrogens (primary N) is 1. The molecule has 0 aliphatic rings. The zero-order valence-corrected chi connectivity index (χ0v) is 9.54. The molecule has 0 saturated heterocycles. The molecule has 0 aliphatic heterocycles. The maximum atomic E-state index is 5.95. The quantitative estimate of drug-likeness (QED) is 0.305. The summed E-state index contributed by atoms with van der Waals surface area (Å²) in [6.45, 7) is 3.06. The van der Waals surface area contributed by atoms with Gasteiger partial charge in [-0.1, -0.05) is 16.5 Å². The van der Waals surface area contributed by atoms with Crippen LogP contribution in [-0.4, -0.2) is 44.7 Å². The molecule has 1 aromatic carbocycles. The molecule has 69 valence electrons. The number of rotatable bonds is 3. The molecule has 0 aliphatic carbocycles. The third-order valence-corrected chi connectivity index (χ3v) is 2.79. The first-order valence-corrected chi connectivity index (χ1v) is 4.90. The average molecular weight is 198 g/mol. The number of nitrogens with one attached hydrogen (secondary N) is 1. The van der Waals surface area contributed by atoms with Gasteiger partial charge in [0.2, 0.25) is 0 Å².